The Labute approximate surface area is 335 Å². The number of esters is 2. The average molecular weight is 817 g/mol. The summed E-state index contributed by atoms with van der Waals surface area (Å²) in [4.78, 5) is 35.5. The van der Waals surface area contributed by atoms with Crippen LogP contribution < -0.4 is 0 Å². The van der Waals surface area contributed by atoms with E-state index in [4.69, 9.17) is 18.5 Å². The van der Waals surface area contributed by atoms with Gasteiger partial charge in [0.2, 0.25) is 0 Å². The van der Waals surface area contributed by atoms with Crippen LogP contribution in [0.1, 0.15) is 149 Å². The lowest BCUT2D eigenvalue weighted by Gasteiger charge is -2.41. The molecule has 6 unspecified atom stereocenters. The minimum absolute atomic E-state index is 0.0443. The van der Waals surface area contributed by atoms with Gasteiger partial charge in [-0.1, -0.05) is 133 Å². The highest BCUT2D eigenvalue weighted by atomic mass is 31.2. The van der Waals surface area contributed by atoms with E-state index in [1.165, 1.54) is 51.4 Å². The van der Waals surface area contributed by atoms with Gasteiger partial charge in [0, 0.05) is 12.8 Å². The highest BCUT2D eigenvalue weighted by molar-refractivity contribution is 7.47. The summed E-state index contributed by atoms with van der Waals surface area (Å²) in [6.45, 7) is 3.12. The van der Waals surface area contributed by atoms with Crippen LogP contribution in [0.3, 0.4) is 0 Å². The molecule has 1 aliphatic rings. The average Bonchev–Trinajstić information content (AvgIpc) is 3.18. The van der Waals surface area contributed by atoms with E-state index in [0.717, 1.165) is 57.8 Å². The van der Waals surface area contributed by atoms with E-state index in [-0.39, 0.29) is 12.8 Å². The molecule has 14 heteroatoms. The fourth-order valence-corrected chi connectivity index (χ4v) is 7.01. The van der Waals surface area contributed by atoms with Crippen molar-refractivity contribution in [3.63, 3.8) is 0 Å². The fourth-order valence-electron chi connectivity index (χ4n) is 6.04. The Kier molecular flexibility index (Phi) is 30.3. The summed E-state index contributed by atoms with van der Waals surface area (Å²) >= 11 is 0. The molecule has 0 aromatic carbocycles. The van der Waals surface area contributed by atoms with Gasteiger partial charge in [-0.15, -0.1) is 0 Å². The minimum Gasteiger partial charge on any atom is -0.462 e. The van der Waals surface area contributed by atoms with E-state index in [9.17, 15) is 44.6 Å². The van der Waals surface area contributed by atoms with Crippen LogP contribution >= 0.6 is 7.82 Å². The van der Waals surface area contributed by atoms with Crippen LogP contribution in [0.2, 0.25) is 0 Å². The molecule has 0 bridgehead atoms. The third-order valence-corrected chi connectivity index (χ3v) is 10.4. The normalized spacial score (nSPS) is 23.4. The number of aliphatic hydroxyl groups excluding tert-OH is 5. The molecular weight excluding hydrogens is 743 g/mol. The van der Waals surface area contributed by atoms with Gasteiger partial charge in [0.1, 0.15) is 43.2 Å². The Bertz CT molecular complexity index is 1170. The molecule has 1 aliphatic carbocycles. The zero-order valence-electron chi connectivity index (χ0n) is 33.9. The van der Waals surface area contributed by atoms with Gasteiger partial charge in [-0.2, -0.15) is 0 Å². The molecular formula is C42H73O13P. The number of carbonyl (C=O) groups excluding carboxylic acids is 2. The van der Waals surface area contributed by atoms with Crippen molar-refractivity contribution in [3.05, 3.63) is 48.6 Å². The number of ether oxygens (including phenoxy) is 2. The maximum absolute atomic E-state index is 12.8. The number of carbonyl (C=O) groups is 2. The summed E-state index contributed by atoms with van der Waals surface area (Å²) in [7, 11) is -5.12. The van der Waals surface area contributed by atoms with Crippen molar-refractivity contribution < 1.29 is 63.1 Å². The Morgan fingerprint density at radius 1 is 0.571 bits per heavy atom. The number of hydrogen-bond acceptors (Lipinski definition) is 12. The molecule has 324 valence electrons. The van der Waals surface area contributed by atoms with Crippen molar-refractivity contribution in [2.75, 3.05) is 13.2 Å². The van der Waals surface area contributed by atoms with Gasteiger partial charge < -0.3 is 39.9 Å². The van der Waals surface area contributed by atoms with E-state index < -0.39 is 75.7 Å². The lowest BCUT2D eigenvalue weighted by Crippen LogP contribution is -2.64. The summed E-state index contributed by atoms with van der Waals surface area (Å²) in [6, 6.07) is 0. The molecule has 13 nitrogen and oxygen atoms in total. The molecule has 0 amide bonds. The number of aliphatic hydroxyl groups is 5. The third-order valence-electron chi connectivity index (χ3n) is 9.43. The smallest absolute Gasteiger partial charge is 0.462 e. The maximum Gasteiger partial charge on any atom is 0.472 e. The van der Waals surface area contributed by atoms with Crippen LogP contribution in [-0.4, -0.2) is 98.3 Å². The standard InChI is InChI=1S/C42H73O13P/c1-3-5-7-9-11-13-15-17-18-19-21-23-25-27-29-31-36(44)54-34(32-52-35(43)30-28-26-24-22-20-16-14-12-10-8-6-4-2)33-53-56(50,51)55-42-40(48)38(46)37(45)39(47)41(42)49/h5,7,11,13,17-18,21,23,34,37-42,45-49H,3-4,6,8-10,12,14-16,19-20,22,24-33H2,1-2H3,(H,50,51)/b7-5-,13-11-,18-17-,23-21-. The van der Waals surface area contributed by atoms with Gasteiger partial charge in [-0.05, 0) is 51.4 Å². The van der Waals surface area contributed by atoms with Gasteiger partial charge in [-0.25, -0.2) is 4.57 Å². The van der Waals surface area contributed by atoms with Crippen molar-refractivity contribution in [3.8, 4) is 0 Å². The molecule has 0 saturated heterocycles. The quantitative estimate of drug-likeness (QED) is 0.0168. The van der Waals surface area contributed by atoms with Gasteiger partial charge in [0.25, 0.3) is 0 Å². The third kappa shape index (κ3) is 25.2. The van der Waals surface area contributed by atoms with Crippen LogP contribution in [0.4, 0.5) is 0 Å². The van der Waals surface area contributed by atoms with Crippen LogP contribution in [-0.2, 0) is 32.7 Å². The monoisotopic (exact) mass is 816 g/mol. The van der Waals surface area contributed by atoms with Gasteiger partial charge in [0.05, 0.1) is 6.61 Å². The van der Waals surface area contributed by atoms with Crippen LogP contribution in [0.25, 0.3) is 0 Å². The predicted molar refractivity (Wildman–Crippen MR) is 216 cm³/mol. The first-order valence-electron chi connectivity index (χ1n) is 20.9. The fraction of sp³-hybridized carbons (Fsp3) is 0.762. The topological polar surface area (TPSA) is 210 Å². The SMILES string of the molecule is CC/C=C\C/C=C\C/C=C\C/C=C\CCCCC(=O)OC(COC(=O)CCCCCCCCCCCCCC)COP(=O)(O)OC1C(O)C(O)C(O)C(O)C1O. The number of phosphoric acid groups is 1. The highest BCUT2D eigenvalue weighted by Crippen LogP contribution is 2.47. The summed E-state index contributed by atoms with van der Waals surface area (Å²) in [5, 5.41) is 50.0. The molecule has 0 aromatic rings. The Morgan fingerprint density at radius 2 is 1.02 bits per heavy atom. The number of phosphoric ester groups is 1. The Balaban J connectivity index is 2.55. The molecule has 0 heterocycles. The van der Waals surface area contributed by atoms with E-state index in [1.54, 1.807) is 0 Å². The molecule has 0 spiro atoms. The summed E-state index contributed by atoms with van der Waals surface area (Å²) in [5.74, 6) is -1.15. The molecule has 6 N–H and O–H groups in total. The van der Waals surface area contributed by atoms with Crippen LogP contribution in [0, 0.1) is 0 Å². The molecule has 0 aromatic heterocycles. The predicted octanol–water partition coefficient (Wildman–Crippen LogP) is 7.22. The molecule has 1 fully saturated rings. The number of allylic oxidation sites excluding steroid dienone is 8. The number of unbranched alkanes of at least 4 members (excludes halogenated alkanes) is 13. The summed E-state index contributed by atoms with van der Waals surface area (Å²) in [6.07, 6.45) is 23.2. The van der Waals surface area contributed by atoms with E-state index in [1.807, 2.05) is 6.08 Å². The van der Waals surface area contributed by atoms with E-state index >= 15 is 0 Å². The largest absolute Gasteiger partial charge is 0.472 e. The molecule has 6 atom stereocenters. The van der Waals surface area contributed by atoms with Crippen molar-refractivity contribution >= 4 is 19.8 Å². The summed E-state index contributed by atoms with van der Waals surface area (Å²) in [5.41, 5.74) is 0. The molecule has 0 aliphatic heterocycles. The minimum atomic E-state index is -5.12. The molecule has 1 saturated carbocycles. The van der Waals surface area contributed by atoms with Crippen molar-refractivity contribution in [1.82, 2.24) is 0 Å². The maximum atomic E-state index is 12.8. The van der Waals surface area contributed by atoms with Crippen molar-refractivity contribution in [2.24, 2.45) is 0 Å². The second-order valence-corrected chi connectivity index (χ2v) is 15.9. The van der Waals surface area contributed by atoms with E-state index in [0.29, 0.717) is 12.8 Å². The molecule has 0 radical (unpaired) electrons. The van der Waals surface area contributed by atoms with Gasteiger partial charge in [-0.3, -0.25) is 18.6 Å². The van der Waals surface area contributed by atoms with Crippen molar-refractivity contribution in [2.45, 2.75) is 191 Å². The zero-order chi connectivity index (χ0) is 41.4. The van der Waals surface area contributed by atoms with Crippen LogP contribution in [0.15, 0.2) is 48.6 Å². The second-order valence-electron chi connectivity index (χ2n) is 14.5. The number of rotatable bonds is 33. The zero-order valence-corrected chi connectivity index (χ0v) is 34.8. The second kappa shape index (κ2) is 32.7. The first-order valence-corrected chi connectivity index (χ1v) is 22.4. The highest BCUT2D eigenvalue weighted by Gasteiger charge is 2.51. The first-order chi connectivity index (χ1) is 26.9. The van der Waals surface area contributed by atoms with Gasteiger partial charge in [0.15, 0.2) is 6.10 Å². The Hall–Kier alpha value is -2.19. The van der Waals surface area contributed by atoms with Gasteiger partial charge >= 0.3 is 19.8 Å². The molecule has 56 heavy (non-hydrogen) atoms. The van der Waals surface area contributed by atoms with Crippen molar-refractivity contribution in [1.29, 1.82) is 0 Å². The lowest BCUT2D eigenvalue weighted by atomic mass is 9.85. The summed E-state index contributed by atoms with van der Waals surface area (Å²) < 4.78 is 33.4. The van der Waals surface area contributed by atoms with Crippen LogP contribution in [0.5, 0.6) is 0 Å². The Morgan fingerprint density at radius 3 is 1.55 bits per heavy atom. The lowest BCUT2D eigenvalue weighted by molar-refractivity contribution is -0.220. The first kappa shape index (κ1) is 51.8. The van der Waals surface area contributed by atoms with E-state index in [2.05, 4.69) is 56.4 Å². The number of hydrogen-bond donors (Lipinski definition) is 6. The molecule has 1 rings (SSSR count).